The smallest absolute Gasteiger partial charge is 0.336 e. The Kier molecular flexibility index (Phi) is 3.85. The van der Waals surface area contributed by atoms with Crippen molar-refractivity contribution >= 4 is 59.9 Å². The molecule has 0 aromatic heterocycles. The number of carbonyl (C=O) groups is 1. The zero-order chi connectivity index (χ0) is 11.8. The molecular formula is C7H3Cl2IO4S. The van der Waals surface area contributed by atoms with Gasteiger partial charge in [0.25, 0.3) is 9.05 Å². The van der Waals surface area contributed by atoms with Crippen molar-refractivity contribution in [2.75, 3.05) is 0 Å². The van der Waals surface area contributed by atoms with E-state index >= 15 is 0 Å². The number of carboxylic acids is 1. The summed E-state index contributed by atoms with van der Waals surface area (Å²) in [5, 5.41) is 8.66. The summed E-state index contributed by atoms with van der Waals surface area (Å²) in [7, 11) is 1.05. The van der Waals surface area contributed by atoms with Crippen LogP contribution in [0.2, 0.25) is 5.02 Å². The SMILES string of the molecule is O=C(O)c1cc(S(=O)(=O)Cl)c(Cl)cc1I. The number of halogens is 3. The van der Waals surface area contributed by atoms with Gasteiger partial charge in [0.2, 0.25) is 0 Å². The zero-order valence-corrected chi connectivity index (χ0v) is 11.4. The Bertz CT molecular complexity index is 526. The highest BCUT2D eigenvalue weighted by molar-refractivity contribution is 14.1. The minimum absolute atomic E-state index is 0.0978. The van der Waals surface area contributed by atoms with Gasteiger partial charge in [-0.2, -0.15) is 0 Å². The Morgan fingerprint density at radius 1 is 1.40 bits per heavy atom. The molecule has 8 heteroatoms. The fourth-order valence-corrected chi connectivity index (χ4v) is 3.28. The van der Waals surface area contributed by atoms with Gasteiger partial charge in [0, 0.05) is 14.3 Å². The summed E-state index contributed by atoms with van der Waals surface area (Å²) in [6.07, 6.45) is 0. The van der Waals surface area contributed by atoms with E-state index in [0.29, 0.717) is 3.57 Å². The fourth-order valence-electron chi connectivity index (χ4n) is 0.880. The van der Waals surface area contributed by atoms with Crippen LogP contribution in [0.5, 0.6) is 0 Å². The molecule has 0 aliphatic rings. The Labute approximate surface area is 109 Å². The van der Waals surface area contributed by atoms with Crippen LogP contribution in [-0.2, 0) is 9.05 Å². The molecule has 0 fully saturated rings. The minimum atomic E-state index is -4.03. The Balaban J connectivity index is 3.58. The van der Waals surface area contributed by atoms with Crippen molar-refractivity contribution in [3.63, 3.8) is 0 Å². The van der Waals surface area contributed by atoms with Crippen molar-refractivity contribution in [1.82, 2.24) is 0 Å². The molecule has 1 aromatic carbocycles. The largest absolute Gasteiger partial charge is 0.478 e. The van der Waals surface area contributed by atoms with Crippen LogP contribution >= 0.6 is 44.9 Å². The van der Waals surface area contributed by atoms with E-state index in [2.05, 4.69) is 0 Å². The van der Waals surface area contributed by atoms with Crippen LogP contribution in [0.15, 0.2) is 17.0 Å². The van der Waals surface area contributed by atoms with Crippen molar-refractivity contribution in [1.29, 1.82) is 0 Å². The lowest BCUT2D eigenvalue weighted by Crippen LogP contribution is -2.03. The van der Waals surface area contributed by atoms with Gasteiger partial charge in [-0.3, -0.25) is 0 Å². The first-order valence-corrected chi connectivity index (χ1v) is 7.17. The van der Waals surface area contributed by atoms with Gasteiger partial charge in [-0.15, -0.1) is 0 Å². The first-order chi connectivity index (χ1) is 6.73. The highest BCUT2D eigenvalue weighted by atomic mass is 127. The zero-order valence-electron chi connectivity index (χ0n) is 6.87. The number of benzene rings is 1. The average Bonchev–Trinajstić information content (AvgIpc) is 2.00. The fraction of sp³-hybridized carbons (Fsp3) is 0. The van der Waals surface area contributed by atoms with Gasteiger partial charge < -0.3 is 5.11 Å². The minimum Gasteiger partial charge on any atom is -0.478 e. The summed E-state index contributed by atoms with van der Waals surface area (Å²) >= 11 is 7.37. The van der Waals surface area contributed by atoms with Crippen LogP contribution in [0.25, 0.3) is 0 Å². The maximum absolute atomic E-state index is 11.0. The topological polar surface area (TPSA) is 71.4 Å². The van der Waals surface area contributed by atoms with Crippen LogP contribution in [0.3, 0.4) is 0 Å². The van der Waals surface area contributed by atoms with Gasteiger partial charge in [-0.25, -0.2) is 13.2 Å². The summed E-state index contributed by atoms with van der Waals surface area (Å²) < 4.78 is 22.4. The molecule has 0 heterocycles. The van der Waals surface area contributed by atoms with E-state index in [4.69, 9.17) is 27.4 Å². The predicted molar refractivity (Wildman–Crippen MR) is 64.2 cm³/mol. The molecule has 0 unspecified atom stereocenters. The van der Waals surface area contributed by atoms with Gasteiger partial charge in [0.15, 0.2) is 0 Å². The van der Waals surface area contributed by atoms with Crippen molar-refractivity contribution < 1.29 is 18.3 Å². The molecule has 1 aromatic rings. The Morgan fingerprint density at radius 2 is 1.93 bits per heavy atom. The first-order valence-electron chi connectivity index (χ1n) is 3.40. The van der Waals surface area contributed by atoms with Gasteiger partial charge >= 0.3 is 5.97 Å². The molecule has 4 nitrogen and oxygen atoms in total. The molecule has 0 bridgehead atoms. The maximum atomic E-state index is 11.0. The normalized spacial score (nSPS) is 11.4. The molecule has 0 spiro atoms. The third kappa shape index (κ3) is 2.96. The van der Waals surface area contributed by atoms with Crippen LogP contribution in [0.1, 0.15) is 10.4 Å². The van der Waals surface area contributed by atoms with E-state index in [0.717, 1.165) is 6.07 Å². The molecule has 0 aliphatic heterocycles. The van der Waals surface area contributed by atoms with Crippen LogP contribution < -0.4 is 0 Å². The molecule has 1 N–H and O–H groups in total. The predicted octanol–water partition coefficient (Wildman–Crippen LogP) is 2.57. The second-order valence-electron chi connectivity index (χ2n) is 2.51. The van der Waals surface area contributed by atoms with Gasteiger partial charge in [0.05, 0.1) is 10.6 Å². The highest BCUT2D eigenvalue weighted by Gasteiger charge is 2.20. The van der Waals surface area contributed by atoms with Crippen molar-refractivity contribution in [2.24, 2.45) is 0 Å². The third-order valence-corrected chi connectivity index (χ3v) is 4.19. The maximum Gasteiger partial charge on any atom is 0.336 e. The van der Waals surface area contributed by atoms with Gasteiger partial charge in [-0.05, 0) is 34.7 Å². The van der Waals surface area contributed by atoms with E-state index in [1.807, 2.05) is 0 Å². The lowest BCUT2D eigenvalue weighted by molar-refractivity contribution is 0.0695. The standard InChI is InChI=1S/C7H3Cl2IO4S/c8-4-2-5(10)3(7(11)12)1-6(4)15(9,13)14/h1-2H,(H,11,12). The number of hydrogen-bond acceptors (Lipinski definition) is 3. The number of rotatable bonds is 2. The molecule has 0 saturated heterocycles. The summed E-state index contributed by atoms with van der Waals surface area (Å²) in [5.41, 5.74) is -0.153. The summed E-state index contributed by atoms with van der Waals surface area (Å²) in [6, 6.07) is 2.18. The molecule has 0 aliphatic carbocycles. The first kappa shape index (κ1) is 13.0. The summed E-state index contributed by atoms with van der Waals surface area (Å²) in [4.78, 5) is 10.3. The third-order valence-electron chi connectivity index (χ3n) is 1.51. The van der Waals surface area contributed by atoms with Gasteiger partial charge in [0.1, 0.15) is 4.90 Å². The number of aromatic carboxylic acids is 1. The molecule has 0 atom stereocenters. The van der Waals surface area contributed by atoms with Gasteiger partial charge in [-0.1, -0.05) is 11.6 Å². The lowest BCUT2D eigenvalue weighted by Gasteiger charge is -2.04. The van der Waals surface area contributed by atoms with Crippen LogP contribution in [-0.4, -0.2) is 19.5 Å². The second-order valence-corrected chi connectivity index (χ2v) is 6.61. The lowest BCUT2D eigenvalue weighted by atomic mass is 10.2. The molecule has 0 amide bonds. The van der Waals surface area contributed by atoms with Crippen LogP contribution in [0.4, 0.5) is 0 Å². The van der Waals surface area contributed by atoms with E-state index in [1.54, 1.807) is 22.6 Å². The van der Waals surface area contributed by atoms with E-state index in [1.165, 1.54) is 6.07 Å². The van der Waals surface area contributed by atoms with Crippen molar-refractivity contribution in [3.05, 3.63) is 26.3 Å². The molecular weight excluding hydrogens is 378 g/mol. The summed E-state index contributed by atoms with van der Waals surface area (Å²) in [6.45, 7) is 0. The second kappa shape index (κ2) is 4.44. The molecule has 0 saturated carbocycles. The average molecular weight is 381 g/mol. The Hall–Kier alpha value is -0.0500. The molecule has 0 radical (unpaired) electrons. The summed E-state index contributed by atoms with van der Waals surface area (Å²) in [5.74, 6) is -1.24. The van der Waals surface area contributed by atoms with E-state index in [-0.39, 0.29) is 10.6 Å². The van der Waals surface area contributed by atoms with Crippen molar-refractivity contribution in [2.45, 2.75) is 4.90 Å². The number of carboxylic acid groups (broad SMARTS) is 1. The quantitative estimate of drug-likeness (QED) is 0.632. The Morgan fingerprint density at radius 3 is 2.33 bits per heavy atom. The highest BCUT2D eigenvalue weighted by Crippen LogP contribution is 2.28. The van der Waals surface area contributed by atoms with Crippen molar-refractivity contribution in [3.8, 4) is 0 Å². The molecule has 1 rings (SSSR count). The van der Waals surface area contributed by atoms with E-state index in [9.17, 15) is 13.2 Å². The molecule has 15 heavy (non-hydrogen) atoms. The van der Waals surface area contributed by atoms with Crippen LogP contribution in [0, 0.1) is 3.57 Å². The van der Waals surface area contributed by atoms with E-state index < -0.39 is 19.9 Å². The number of hydrogen-bond donors (Lipinski definition) is 1. The molecule has 82 valence electrons. The monoisotopic (exact) mass is 380 g/mol.